The van der Waals surface area contributed by atoms with Gasteiger partial charge in [0.2, 0.25) is 0 Å². The molecular weight excluding hydrogens is 284 g/mol. The fraction of sp³-hybridized carbons (Fsp3) is 0.500. The van der Waals surface area contributed by atoms with Crippen LogP contribution in [-0.2, 0) is 19.6 Å². The van der Waals surface area contributed by atoms with Gasteiger partial charge in [0.05, 0.1) is 6.54 Å². The van der Waals surface area contributed by atoms with Crippen LogP contribution in [0.4, 0.5) is 0 Å². The monoisotopic (exact) mass is 312 g/mol. The summed E-state index contributed by atoms with van der Waals surface area (Å²) < 4.78 is 5.57. The van der Waals surface area contributed by atoms with Crippen molar-refractivity contribution in [2.75, 3.05) is 13.1 Å². The third kappa shape index (κ3) is 5.22. The Bertz CT molecular complexity index is 580. The minimum atomic E-state index is 0.781. The largest absolute Gasteiger partial charge is 0.465 e. The van der Waals surface area contributed by atoms with E-state index in [1.165, 1.54) is 49.9 Å². The summed E-state index contributed by atoms with van der Waals surface area (Å²) in [5.74, 6) is 1.97. The molecule has 0 aliphatic carbocycles. The molecule has 0 spiro atoms. The minimum Gasteiger partial charge on any atom is -0.465 e. The molecular formula is C20H28N2O. The van der Waals surface area contributed by atoms with Crippen LogP contribution >= 0.6 is 0 Å². The third-order valence-corrected chi connectivity index (χ3v) is 4.55. The quantitative estimate of drug-likeness (QED) is 0.864. The van der Waals surface area contributed by atoms with Gasteiger partial charge in [0.25, 0.3) is 0 Å². The zero-order valence-corrected chi connectivity index (χ0v) is 14.2. The second-order valence-electron chi connectivity index (χ2n) is 6.62. The number of hydrogen-bond donors (Lipinski definition) is 1. The van der Waals surface area contributed by atoms with Crippen LogP contribution in [0.25, 0.3) is 0 Å². The summed E-state index contributed by atoms with van der Waals surface area (Å²) >= 11 is 0. The summed E-state index contributed by atoms with van der Waals surface area (Å²) in [5.41, 5.74) is 2.75. The molecule has 1 saturated heterocycles. The lowest BCUT2D eigenvalue weighted by Gasteiger charge is -2.19. The van der Waals surface area contributed by atoms with Crippen LogP contribution in [0.2, 0.25) is 0 Å². The van der Waals surface area contributed by atoms with E-state index >= 15 is 0 Å². The molecule has 1 aliphatic heterocycles. The molecule has 0 amide bonds. The SMILES string of the molecule is Cc1ccc(CNCc2ccc(CN3CCCCCC3)cc2)o1. The van der Waals surface area contributed by atoms with E-state index in [2.05, 4.69) is 34.5 Å². The fourth-order valence-corrected chi connectivity index (χ4v) is 3.23. The molecule has 3 rings (SSSR count). The van der Waals surface area contributed by atoms with Gasteiger partial charge in [-0.3, -0.25) is 4.90 Å². The van der Waals surface area contributed by atoms with Crippen molar-refractivity contribution in [2.45, 2.75) is 52.2 Å². The van der Waals surface area contributed by atoms with Gasteiger partial charge in [-0.15, -0.1) is 0 Å². The molecule has 0 atom stereocenters. The topological polar surface area (TPSA) is 28.4 Å². The maximum atomic E-state index is 5.57. The molecule has 1 aliphatic rings. The lowest BCUT2D eigenvalue weighted by atomic mass is 10.1. The number of nitrogens with zero attached hydrogens (tertiary/aromatic N) is 1. The van der Waals surface area contributed by atoms with Gasteiger partial charge < -0.3 is 9.73 Å². The standard InChI is InChI=1S/C20H28N2O/c1-17-6-11-20(23-17)15-21-14-18-7-9-19(10-8-18)16-22-12-4-2-3-5-13-22/h6-11,21H,2-5,12-16H2,1H3. The summed E-state index contributed by atoms with van der Waals surface area (Å²) in [6.45, 7) is 7.25. The van der Waals surface area contributed by atoms with Gasteiger partial charge in [-0.25, -0.2) is 0 Å². The van der Waals surface area contributed by atoms with Crippen molar-refractivity contribution in [1.82, 2.24) is 10.2 Å². The molecule has 1 aromatic heterocycles. The van der Waals surface area contributed by atoms with Gasteiger partial charge >= 0.3 is 0 Å². The third-order valence-electron chi connectivity index (χ3n) is 4.55. The Morgan fingerprint density at radius 2 is 1.57 bits per heavy atom. The Labute approximate surface area is 139 Å². The average molecular weight is 312 g/mol. The average Bonchev–Trinajstić information content (AvgIpc) is 2.81. The zero-order chi connectivity index (χ0) is 15.9. The van der Waals surface area contributed by atoms with E-state index in [9.17, 15) is 0 Å². The van der Waals surface area contributed by atoms with Crippen LogP contribution in [0.3, 0.4) is 0 Å². The van der Waals surface area contributed by atoms with Crippen molar-refractivity contribution in [3.8, 4) is 0 Å². The van der Waals surface area contributed by atoms with E-state index < -0.39 is 0 Å². The van der Waals surface area contributed by atoms with Gasteiger partial charge in [0.1, 0.15) is 11.5 Å². The van der Waals surface area contributed by atoms with Crippen LogP contribution in [0.15, 0.2) is 40.8 Å². The molecule has 0 unspecified atom stereocenters. The molecule has 1 fully saturated rings. The Morgan fingerprint density at radius 3 is 2.22 bits per heavy atom. The van der Waals surface area contributed by atoms with Crippen LogP contribution in [0.5, 0.6) is 0 Å². The molecule has 0 bridgehead atoms. The molecule has 1 aromatic carbocycles. The van der Waals surface area contributed by atoms with E-state index in [0.29, 0.717) is 0 Å². The predicted molar refractivity (Wildman–Crippen MR) is 94.2 cm³/mol. The normalized spacial score (nSPS) is 16.4. The van der Waals surface area contributed by atoms with Crippen molar-refractivity contribution in [1.29, 1.82) is 0 Å². The van der Waals surface area contributed by atoms with E-state index in [-0.39, 0.29) is 0 Å². The molecule has 124 valence electrons. The summed E-state index contributed by atoms with van der Waals surface area (Å²) in [7, 11) is 0. The number of nitrogens with one attached hydrogen (secondary N) is 1. The molecule has 1 N–H and O–H groups in total. The van der Waals surface area contributed by atoms with Crippen LogP contribution in [0.1, 0.15) is 48.3 Å². The maximum Gasteiger partial charge on any atom is 0.117 e. The summed E-state index contributed by atoms with van der Waals surface area (Å²) in [6, 6.07) is 13.1. The summed E-state index contributed by atoms with van der Waals surface area (Å²) in [5, 5.41) is 3.44. The molecule has 2 aromatic rings. The molecule has 3 heteroatoms. The highest BCUT2D eigenvalue weighted by atomic mass is 16.3. The van der Waals surface area contributed by atoms with Crippen molar-refractivity contribution in [3.05, 3.63) is 59.0 Å². The number of furan rings is 1. The van der Waals surface area contributed by atoms with E-state index in [4.69, 9.17) is 4.42 Å². The van der Waals surface area contributed by atoms with Gasteiger partial charge in [-0.1, -0.05) is 37.1 Å². The van der Waals surface area contributed by atoms with Crippen LogP contribution < -0.4 is 5.32 Å². The summed E-state index contributed by atoms with van der Waals surface area (Å²) in [4.78, 5) is 2.60. The first-order valence-electron chi connectivity index (χ1n) is 8.86. The Hall–Kier alpha value is -1.58. The fourth-order valence-electron chi connectivity index (χ4n) is 3.23. The maximum absolute atomic E-state index is 5.57. The van der Waals surface area contributed by atoms with Gasteiger partial charge in [0, 0.05) is 13.1 Å². The first kappa shape index (κ1) is 16.3. The number of rotatable bonds is 6. The lowest BCUT2D eigenvalue weighted by molar-refractivity contribution is 0.277. The predicted octanol–water partition coefficient (Wildman–Crippen LogP) is 4.25. The molecule has 23 heavy (non-hydrogen) atoms. The minimum absolute atomic E-state index is 0.781. The Kier molecular flexibility index (Phi) is 5.89. The number of benzene rings is 1. The second-order valence-corrected chi connectivity index (χ2v) is 6.62. The Morgan fingerprint density at radius 1 is 0.870 bits per heavy atom. The van der Waals surface area contributed by atoms with Crippen LogP contribution in [-0.4, -0.2) is 18.0 Å². The number of hydrogen-bond acceptors (Lipinski definition) is 3. The zero-order valence-electron chi connectivity index (χ0n) is 14.2. The Balaban J connectivity index is 1.44. The highest BCUT2D eigenvalue weighted by Crippen LogP contribution is 2.14. The van der Waals surface area contributed by atoms with Gasteiger partial charge in [-0.05, 0) is 56.1 Å². The summed E-state index contributed by atoms with van der Waals surface area (Å²) in [6.07, 6.45) is 5.51. The van der Waals surface area contributed by atoms with Crippen molar-refractivity contribution < 1.29 is 4.42 Å². The number of aryl methyl sites for hydroxylation is 1. The van der Waals surface area contributed by atoms with Crippen LogP contribution in [0, 0.1) is 6.92 Å². The van der Waals surface area contributed by atoms with Gasteiger partial charge in [0.15, 0.2) is 0 Å². The van der Waals surface area contributed by atoms with Crippen molar-refractivity contribution in [2.24, 2.45) is 0 Å². The first-order valence-corrected chi connectivity index (χ1v) is 8.86. The van der Waals surface area contributed by atoms with E-state index in [1.807, 2.05) is 19.1 Å². The molecule has 0 radical (unpaired) electrons. The van der Waals surface area contributed by atoms with E-state index in [0.717, 1.165) is 31.2 Å². The second kappa shape index (κ2) is 8.32. The number of likely N-dealkylation sites (tertiary alicyclic amines) is 1. The highest BCUT2D eigenvalue weighted by Gasteiger charge is 2.09. The van der Waals surface area contributed by atoms with E-state index in [1.54, 1.807) is 0 Å². The molecule has 2 heterocycles. The smallest absolute Gasteiger partial charge is 0.117 e. The highest BCUT2D eigenvalue weighted by molar-refractivity contribution is 5.22. The van der Waals surface area contributed by atoms with Crippen molar-refractivity contribution >= 4 is 0 Å². The first-order chi connectivity index (χ1) is 11.3. The van der Waals surface area contributed by atoms with Crippen molar-refractivity contribution in [3.63, 3.8) is 0 Å². The molecule has 3 nitrogen and oxygen atoms in total. The van der Waals surface area contributed by atoms with Gasteiger partial charge in [-0.2, -0.15) is 0 Å². The molecule has 0 saturated carbocycles. The lowest BCUT2D eigenvalue weighted by Crippen LogP contribution is -2.23.